The Balaban J connectivity index is 2.14. The van der Waals surface area contributed by atoms with Crippen LogP contribution in [-0.2, 0) is 6.54 Å². The molecule has 0 amide bonds. The zero-order chi connectivity index (χ0) is 16.4. The number of nitrogens with one attached hydrogen (secondary N) is 1. The molecular weight excluding hydrogens is 278 g/mol. The molecule has 118 valence electrons. The van der Waals surface area contributed by atoms with Crippen LogP contribution in [0, 0.1) is 13.8 Å². The molecule has 1 aliphatic rings. The number of anilines is 1. The molecule has 0 aromatic heterocycles. The van der Waals surface area contributed by atoms with Crippen molar-refractivity contribution in [3.8, 4) is 0 Å². The van der Waals surface area contributed by atoms with Crippen LogP contribution in [0.2, 0.25) is 0 Å². The van der Waals surface area contributed by atoms with Gasteiger partial charge in [-0.2, -0.15) is 0 Å². The van der Waals surface area contributed by atoms with Gasteiger partial charge >= 0.3 is 0 Å². The van der Waals surface area contributed by atoms with Gasteiger partial charge in [0.2, 0.25) is 0 Å². The molecule has 0 radical (unpaired) electrons. The summed E-state index contributed by atoms with van der Waals surface area (Å²) >= 11 is 0. The number of hydrogen-bond donors (Lipinski definition) is 1. The van der Waals surface area contributed by atoms with Crippen LogP contribution in [0.15, 0.2) is 48.6 Å². The van der Waals surface area contributed by atoms with Gasteiger partial charge in [-0.25, -0.2) is 0 Å². The lowest BCUT2D eigenvalue weighted by Crippen LogP contribution is -2.15. The van der Waals surface area contributed by atoms with E-state index in [1.165, 1.54) is 44.7 Å². The summed E-state index contributed by atoms with van der Waals surface area (Å²) in [5, 5.41) is 3.40. The number of benzene rings is 2. The lowest BCUT2D eigenvalue weighted by Gasteiger charge is -2.25. The van der Waals surface area contributed by atoms with E-state index in [0.29, 0.717) is 0 Å². The third-order valence-electron chi connectivity index (χ3n) is 4.56. The molecule has 0 fully saturated rings. The molecule has 2 aromatic carbocycles. The van der Waals surface area contributed by atoms with E-state index >= 15 is 0 Å². The summed E-state index contributed by atoms with van der Waals surface area (Å²) in [5.41, 5.74) is 10.7. The van der Waals surface area contributed by atoms with E-state index in [2.05, 4.69) is 81.6 Å². The minimum absolute atomic E-state index is 0.984. The van der Waals surface area contributed by atoms with Crippen LogP contribution in [0.25, 0.3) is 11.1 Å². The van der Waals surface area contributed by atoms with Crippen LogP contribution in [-0.4, -0.2) is 0 Å². The standard InChI is InChI=1S/C22H25N/c1-5-6-10-21(17(4)18-9-7-8-15(2)11-18)19-12-16(3)22-20(13-19)14-23-22/h6-13,23H,5,14H2,1-4H3/b10-6-,21-17-. The van der Waals surface area contributed by atoms with E-state index in [1.54, 1.807) is 0 Å². The van der Waals surface area contributed by atoms with Gasteiger partial charge in [0.15, 0.2) is 0 Å². The van der Waals surface area contributed by atoms with Crippen molar-refractivity contribution in [1.29, 1.82) is 0 Å². The Labute approximate surface area is 139 Å². The Kier molecular flexibility index (Phi) is 4.38. The van der Waals surface area contributed by atoms with E-state index in [-0.39, 0.29) is 0 Å². The Bertz CT molecular complexity index is 776. The van der Waals surface area contributed by atoms with Gasteiger partial charge in [-0.15, -0.1) is 0 Å². The summed E-state index contributed by atoms with van der Waals surface area (Å²) < 4.78 is 0. The minimum atomic E-state index is 0.984. The number of rotatable bonds is 4. The molecule has 1 nitrogen and oxygen atoms in total. The first kappa shape index (κ1) is 15.6. The molecule has 2 aromatic rings. The molecule has 0 aliphatic carbocycles. The average molecular weight is 303 g/mol. The topological polar surface area (TPSA) is 12.0 Å². The molecule has 3 rings (SSSR count). The molecule has 1 N–H and O–H groups in total. The second kappa shape index (κ2) is 6.45. The molecule has 0 atom stereocenters. The normalized spacial score (nSPS) is 14.1. The molecule has 0 saturated heterocycles. The maximum atomic E-state index is 3.40. The van der Waals surface area contributed by atoms with E-state index in [0.717, 1.165) is 13.0 Å². The average Bonchev–Trinajstić information content (AvgIpc) is 2.50. The summed E-state index contributed by atoms with van der Waals surface area (Å²) in [6.07, 6.45) is 5.59. The Hall–Kier alpha value is -2.28. The zero-order valence-electron chi connectivity index (χ0n) is 14.5. The van der Waals surface area contributed by atoms with Crippen molar-refractivity contribution in [1.82, 2.24) is 0 Å². The van der Waals surface area contributed by atoms with Gasteiger partial charge < -0.3 is 5.32 Å². The Morgan fingerprint density at radius 3 is 2.57 bits per heavy atom. The van der Waals surface area contributed by atoms with Crippen LogP contribution < -0.4 is 5.32 Å². The van der Waals surface area contributed by atoms with Crippen molar-refractivity contribution in [2.75, 3.05) is 5.32 Å². The second-order valence-electron chi connectivity index (χ2n) is 6.40. The van der Waals surface area contributed by atoms with Crippen LogP contribution in [0.5, 0.6) is 0 Å². The summed E-state index contributed by atoms with van der Waals surface area (Å²) in [5.74, 6) is 0. The second-order valence-corrected chi connectivity index (χ2v) is 6.40. The smallest absolute Gasteiger partial charge is 0.0423 e. The number of aryl methyl sites for hydroxylation is 2. The highest BCUT2D eigenvalue weighted by molar-refractivity contribution is 5.95. The molecule has 0 bridgehead atoms. The van der Waals surface area contributed by atoms with Crippen molar-refractivity contribution in [2.24, 2.45) is 0 Å². The number of allylic oxidation sites excluding steroid dienone is 4. The quantitative estimate of drug-likeness (QED) is 0.529. The molecular formula is C22H25N. The van der Waals surface area contributed by atoms with Gasteiger partial charge in [0.25, 0.3) is 0 Å². The van der Waals surface area contributed by atoms with E-state index in [4.69, 9.17) is 0 Å². The van der Waals surface area contributed by atoms with Crippen molar-refractivity contribution in [3.63, 3.8) is 0 Å². The van der Waals surface area contributed by atoms with Crippen LogP contribution in [0.3, 0.4) is 0 Å². The first-order valence-corrected chi connectivity index (χ1v) is 8.42. The highest BCUT2D eigenvalue weighted by Gasteiger charge is 2.17. The fraction of sp³-hybridized carbons (Fsp3) is 0.273. The highest BCUT2D eigenvalue weighted by Crippen LogP contribution is 2.35. The predicted octanol–water partition coefficient (Wildman–Crippen LogP) is 6.13. The van der Waals surface area contributed by atoms with Crippen molar-refractivity contribution >= 4 is 16.8 Å². The first-order chi connectivity index (χ1) is 11.1. The van der Waals surface area contributed by atoms with Gasteiger partial charge in [-0.3, -0.25) is 0 Å². The molecule has 0 saturated carbocycles. The van der Waals surface area contributed by atoms with Crippen molar-refractivity contribution in [3.05, 3.63) is 76.4 Å². The van der Waals surface area contributed by atoms with Gasteiger partial charge in [-0.05, 0) is 72.7 Å². The molecule has 1 aliphatic heterocycles. The molecule has 23 heavy (non-hydrogen) atoms. The van der Waals surface area contributed by atoms with Crippen LogP contribution in [0.1, 0.15) is 48.1 Å². The third-order valence-corrected chi connectivity index (χ3v) is 4.56. The van der Waals surface area contributed by atoms with Gasteiger partial charge in [0, 0.05) is 12.2 Å². The highest BCUT2D eigenvalue weighted by atomic mass is 14.9. The lowest BCUT2D eigenvalue weighted by atomic mass is 9.90. The van der Waals surface area contributed by atoms with Crippen molar-refractivity contribution in [2.45, 2.75) is 40.7 Å². The Morgan fingerprint density at radius 1 is 1.13 bits per heavy atom. The maximum absolute atomic E-state index is 3.40. The van der Waals surface area contributed by atoms with Crippen molar-refractivity contribution < 1.29 is 0 Å². The van der Waals surface area contributed by atoms with Crippen LogP contribution >= 0.6 is 0 Å². The van der Waals surface area contributed by atoms with Gasteiger partial charge in [0.1, 0.15) is 0 Å². The Morgan fingerprint density at radius 2 is 1.96 bits per heavy atom. The molecule has 1 heteroatoms. The predicted molar refractivity (Wildman–Crippen MR) is 102 cm³/mol. The maximum Gasteiger partial charge on any atom is 0.0423 e. The lowest BCUT2D eigenvalue weighted by molar-refractivity contribution is 1.03. The summed E-state index contributed by atoms with van der Waals surface area (Å²) in [6.45, 7) is 9.75. The fourth-order valence-corrected chi connectivity index (χ4v) is 3.19. The van der Waals surface area contributed by atoms with Gasteiger partial charge in [-0.1, -0.05) is 48.9 Å². The molecule has 0 unspecified atom stereocenters. The minimum Gasteiger partial charge on any atom is -0.380 e. The molecule has 0 spiro atoms. The fourth-order valence-electron chi connectivity index (χ4n) is 3.19. The number of fused-ring (bicyclic) bond motifs is 1. The van der Waals surface area contributed by atoms with E-state index in [1.807, 2.05) is 0 Å². The summed E-state index contributed by atoms with van der Waals surface area (Å²) in [6, 6.07) is 13.4. The zero-order valence-corrected chi connectivity index (χ0v) is 14.5. The third kappa shape index (κ3) is 3.10. The number of hydrogen-bond acceptors (Lipinski definition) is 1. The summed E-state index contributed by atoms with van der Waals surface area (Å²) in [7, 11) is 0. The monoisotopic (exact) mass is 303 g/mol. The molecule has 1 heterocycles. The largest absolute Gasteiger partial charge is 0.380 e. The van der Waals surface area contributed by atoms with Crippen LogP contribution in [0.4, 0.5) is 5.69 Å². The van der Waals surface area contributed by atoms with E-state index in [9.17, 15) is 0 Å². The van der Waals surface area contributed by atoms with E-state index < -0.39 is 0 Å². The SMILES string of the molecule is CC/C=C\C(=C(/C)c1cccc(C)c1)c1cc(C)c2c(c1)CN2. The summed E-state index contributed by atoms with van der Waals surface area (Å²) in [4.78, 5) is 0. The van der Waals surface area contributed by atoms with Gasteiger partial charge in [0.05, 0.1) is 0 Å². The first-order valence-electron chi connectivity index (χ1n) is 8.42.